The van der Waals surface area contributed by atoms with E-state index < -0.39 is 10.1 Å². The van der Waals surface area contributed by atoms with Crippen molar-refractivity contribution in [1.29, 1.82) is 0 Å². The van der Waals surface area contributed by atoms with Crippen LogP contribution in [0.5, 0.6) is 0 Å². The van der Waals surface area contributed by atoms with Gasteiger partial charge in [-0.05, 0) is 23.4 Å². The van der Waals surface area contributed by atoms with Crippen molar-refractivity contribution in [3.8, 4) is 0 Å². The molecule has 0 amide bonds. The van der Waals surface area contributed by atoms with Gasteiger partial charge in [0.1, 0.15) is 4.90 Å². The fourth-order valence-electron chi connectivity index (χ4n) is 2.00. The Kier molecular flexibility index (Phi) is 2.77. The van der Waals surface area contributed by atoms with Crippen molar-refractivity contribution in [3.63, 3.8) is 0 Å². The summed E-state index contributed by atoms with van der Waals surface area (Å²) in [4.78, 5) is -0.0666. The van der Waals surface area contributed by atoms with Gasteiger partial charge in [-0.2, -0.15) is 8.42 Å². The zero-order chi connectivity index (χ0) is 12.6. The second kappa shape index (κ2) is 3.98. The lowest BCUT2D eigenvalue weighted by molar-refractivity contribution is 0.484. The topological polar surface area (TPSA) is 54.4 Å². The third kappa shape index (κ3) is 1.97. The molecule has 2 aromatic carbocycles. The summed E-state index contributed by atoms with van der Waals surface area (Å²) in [6.07, 6.45) is 1.45. The smallest absolute Gasteiger partial charge is 0.282 e. The molecule has 2 rings (SSSR count). The number of benzene rings is 2. The first-order valence-electron chi connectivity index (χ1n) is 5.07. The van der Waals surface area contributed by atoms with Gasteiger partial charge in [0, 0.05) is 5.39 Å². The van der Waals surface area contributed by atoms with Gasteiger partial charge in [0.15, 0.2) is 0 Å². The van der Waals surface area contributed by atoms with Crippen molar-refractivity contribution in [2.75, 3.05) is 0 Å². The zero-order valence-electron chi connectivity index (χ0n) is 9.34. The van der Waals surface area contributed by atoms with Gasteiger partial charge in [0.25, 0.3) is 10.1 Å². The van der Waals surface area contributed by atoms with Gasteiger partial charge in [-0.15, -0.1) is 0 Å². The molecule has 0 saturated carbocycles. The minimum atomic E-state index is -4.27. The van der Waals surface area contributed by atoms with Gasteiger partial charge in [0.05, 0.1) is 0 Å². The highest BCUT2D eigenvalue weighted by atomic mass is 32.2. The molecule has 88 valence electrons. The normalized spacial score (nSPS) is 11.6. The maximum atomic E-state index is 11.5. The van der Waals surface area contributed by atoms with Gasteiger partial charge >= 0.3 is 0 Å². The lowest BCUT2D eigenvalue weighted by Gasteiger charge is -2.10. The number of hydrogen-bond acceptors (Lipinski definition) is 2. The van der Waals surface area contributed by atoms with Crippen LogP contribution < -0.4 is 0 Å². The number of hydrogen-bond donors (Lipinski definition) is 1. The Morgan fingerprint density at radius 1 is 1.29 bits per heavy atom. The van der Waals surface area contributed by atoms with Crippen LogP contribution in [0, 0.1) is 6.92 Å². The van der Waals surface area contributed by atoms with Crippen LogP contribution in [0.3, 0.4) is 0 Å². The Balaban J connectivity index is 3.08. The first-order valence-corrected chi connectivity index (χ1v) is 6.51. The largest absolute Gasteiger partial charge is 0.295 e. The Morgan fingerprint density at radius 2 is 1.94 bits per heavy atom. The van der Waals surface area contributed by atoms with Crippen molar-refractivity contribution in [2.45, 2.75) is 11.8 Å². The molecular formula is C13H12O3S. The lowest BCUT2D eigenvalue weighted by atomic mass is 10.0. The molecule has 0 spiro atoms. The van der Waals surface area contributed by atoms with Crippen molar-refractivity contribution in [2.24, 2.45) is 0 Å². The fraction of sp³-hybridized carbons (Fsp3) is 0.0769. The summed E-state index contributed by atoms with van der Waals surface area (Å²) < 4.78 is 32.3. The predicted molar refractivity (Wildman–Crippen MR) is 68.6 cm³/mol. The van der Waals surface area contributed by atoms with Crippen LogP contribution in [0.25, 0.3) is 16.8 Å². The van der Waals surface area contributed by atoms with E-state index in [-0.39, 0.29) is 4.90 Å². The molecule has 0 aliphatic carbocycles. The van der Waals surface area contributed by atoms with E-state index in [2.05, 4.69) is 6.58 Å². The third-order valence-corrected chi connectivity index (χ3v) is 3.66. The Morgan fingerprint density at radius 3 is 2.53 bits per heavy atom. The van der Waals surface area contributed by atoms with Crippen LogP contribution in [-0.4, -0.2) is 13.0 Å². The quantitative estimate of drug-likeness (QED) is 0.831. The molecule has 17 heavy (non-hydrogen) atoms. The molecule has 0 radical (unpaired) electrons. The first-order chi connectivity index (χ1) is 7.95. The Hall–Kier alpha value is -1.65. The van der Waals surface area contributed by atoms with Crippen LogP contribution in [0.15, 0.2) is 41.8 Å². The monoisotopic (exact) mass is 248 g/mol. The van der Waals surface area contributed by atoms with E-state index in [1.54, 1.807) is 19.1 Å². The summed E-state index contributed by atoms with van der Waals surface area (Å²) in [6, 6.07) is 8.91. The van der Waals surface area contributed by atoms with Crippen LogP contribution >= 0.6 is 0 Å². The van der Waals surface area contributed by atoms with Crippen molar-refractivity contribution in [1.82, 2.24) is 0 Å². The van der Waals surface area contributed by atoms with Crippen LogP contribution in [0.2, 0.25) is 0 Å². The van der Waals surface area contributed by atoms with E-state index in [9.17, 15) is 13.0 Å². The van der Waals surface area contributed by atoms with E-state index in [1.165, 1.54) is 6.08 Å². The SMILES string of the molecule is C=Cc1c(C)cc2ccccc2c1S(=O)(=O)O. The highest BCUT2D eigenvalue weighted by Gasteiger charge is 2.19. The second-order valence-electron chi connectivity index (χ2n) is 3.84. The maximum Gasteiger partial charge on any atom is 0.295 e. The number of aryl methyl sites for hydroxylation is 1. The molecule has 0 aromatic heterocycles. The van der Waals surface area contributed by atoms with Gasteiger partial charge < -0.3 is 0 Å². The molecule has 0 aliphatic heterocycles. The van der Waals surface area contributed by atoms with E-state index in [0.29, 0.717) is 10.9 Å². The summed E-state index contributed by atoms with van der Waals surface area (Å²) in [5, 5.41) is 1.29. The van der Waals surface area contributed by atoms with E-state index in [1.807, 2.05) is 18.2 Å². The summed E-state index contributed by atoms with van der Waals surface area (Å²) >= 11 is 0. The molecule has 0 saturated heterocycles. The third-order valence-electron chi connectivity index (χ3n) is 2.71. The first kappa shape index (κ1) is 11.8. The highest BCUT2D eigenvalue weighted by Crippen LogP contribution is 2.30. The summed E-state index contributed by atoms with van der Waals surface area (Å²) in [5.41, 5.74) is 1.22. The predicted octanol–water partition coefficient (Wildman–Crippen LogP) is 3.04. The summed E-state index contributed by atoms with van der Waals surface area (Å²) in [7, 11) is -4.27. The van der Waals surface area contributed by atoms with Crippen molar-refractivity contribution < 1.29 is 13.0 Å². The minimum Gasteiger partial charge on any atom is -0.282 e. The lowest BCUT2D eigenvalue weighted by Crippen LogP contribution is -2.03. The van der Waals surface area contributed by atoms with Gasteiger partial charge in [-0.25, -0.2) is 0 Å². The van der Waals surface area contributed by atoms with Gasteiger partial charge in [-0.1, -0.05) is 43.0 Å². The van der Waals surface area contributed by atoms with E-state index >= 15 is 0 Å². The summed E-state index contributed by atoms with van der Waals surface area (Å²) in [6.45, 7) is 5.39. The van der Waals surface area contributed by atoms with Crippen LogP contribution in [-0.2, 0) is 10.1 Å². The number of fused-ring (bicyclic) bond motifs is 1. The Labute approximate surface area is 100 Å². The van der Waals surface area contributed by atoms with E-state index in [0.717, 1.165) is 10.9 Å². The molecule has 0 heterocycles. The molecule has 0 unspecified atom stereocenters. The minimum absolute atomic E-state index is 0.0666. The maximum absolute atomic E-state index is 11.5. The van der Waals surface area contributed by atoms with Crippen LogP contribution in [0.4, 0.5) is 0 Å². The van der Waals surface area contributed by atoms with E-state index in [4.69, 9.17) is 0 Å². The van der Waals surface area contributed by atoms with Crippen molar-refractivity contribution in [3.05, 3.63) is 48.0 Å². The molecule has 1 N–H and O–H groups in total. The second-order valence-corrected chi connectivity index (χ2v) is 5.19. The van der Waals surface area contributed by atoms with Crippen LogP contribution in [0.1, 0.15) is 11.1 Å². The fourth-order valence-corrected chi connectivity index (χ4v) is 2.98. The molecular weight excluding hydrogens is 236 g/mol. The molecule has 0 fully saturated rings. The Bertz CT molecular complexity index is 700. The number of rotatable bonds is 2. The molecule has 2 aromatic rings. The molecule has 0 atom stereocenters. The molecule has 0 bridgehead atoms. The molecule has 0 aliphatic rings. The average Bonchev–Trinajstić information content (AvgIpc) is 2.25. The average molecular weight is 248 g/mol. The molecule has 3 nitrogen and oxygen atoms in total. The van der Waals surface area contributed by atoms with Crippen molar-refractivity contribution >= 4 is 27.0 Å². The van der Waals surface area contributed by atoms with Gasteiger partial charge in [-0.3, -0.25) is 4.55 Å². The zero-order valence-corrected chi connectivity index (χ0v) is 10.2. The summed E-state index contributed by atoms with van der Waals surface area (Å²) in [5.74, 6) is 0. The molecule has 4 heteroatoms. The highest BCUT2D eigenvalue weighted by molar-refractivity contribution is 7.86. The van der Waals surface area contributed by atoms with Gasteiger partial charge in [0.2, 0.25) is 0 Å². The standard InChI is InChI=1S/C13H12O3S/c1-3-11-9(2)8-10-6-4-5-7-12(10)13(11)17(14,15)16/h3-8H,1H2,2H3,(H,14,15,16).